The lowest BCUT2D eigenvalue weighted by molar-refractivity contribution is 0.127. The third-order valence-corrected chi connectivity index (χ3v) is 4.77. The quantitative estimate of drug-likeness (QED) is 0.644. The molecule has 2 aliphatic rings. The molecule has 3 unspecified atom stereocenters. The lowest BCUT2D eigenvalue weighted by Crippen LogP contribution is -2.11. The van der Waals surface area contributed by atoms with Crippen molar-refractivity contribution in [2.45, 2.75) is 77.2 Å². The van der Waals surface area contributed by atoms with Crippen molar-refractivity contribution in [1.82, 2.24) is 0 Å². The topological polar surface area (TPSA) is 20.2 Å². The van der Waals surface area contributed by atoms with E-state index in [2.05, 4.69) is 6.92 Å². The molecule has 0 spiro atoms. The molecule has 1 nitrogen and oxygen atoms in total. The number of hydrogen-bond acceptors (Lipinski definition) is 1. The van der Waals surface area contributed by atoms with Crippen LogP contribution in [0.4, 0.5) is 0 Å². The van der Waals surface area contributed by atoms with E-state index in [9.17, 15) is 5.11 Å². The summed E-state index contributed by atoms with van der Waals surface area (Å²) in [7, 11) is 0. The Morgan fingerprint density at radius 3 is 2.25 bits per heavy atom. The van der Waals surface area contributed by atoms with Gasteiger partial charge in [-0.25, -0.2) is 0 Å². The maximum Gasteiger partial charge on any atom is 0.0573 e. The van der Waals surface area contributed by atoms with Crippen LogP contribution in [0.5, 0.6) is 0 Å². The first-order valence-electron chi connectivity index (χ1n) is 7.52. The first-order chi connectivity index (χ1) is 7.84. The van der Waals surface area contributed by atoms with E-state index >= 15 is 0 Å². The van der Waals surface area contributed by atoms with Crippen LogP contribution >= 0.6 is 0 Å². The summed E-state index contributed by atoms with van der Waals surface area (Å²) in [5.74, 6) is 2.53. The SMILES string of the molecule is CCCCCCCC(O)C1C2CCCCC21. The Morgan fingerprint density at radius 1 is 1.00 bits per heavy atom. The minimum absolute atomic E-state index is 0.0368. The van der Waals surface area contributed by atoms with Crippen LogP contribution in [0.1, 0.15) is 71.1 Å². The second-order valence-corrected chi connectivity index (χ2v) is 5.96. The third-order valence-electron chi connectivity index (χ3n) is 4.77. The van der Waals surface area contributed by atoms with Crippen LogP contribution in [0.3, 0.4) is 0 Å². The Bertz CT molecular complexity index is 190. The van der Waals surface area contributed by atoms with Crippen molar-refractivity contribution in [3.05, 3.63) is 0 Å². The Morgan fingerprint density at radius 2 is 1.62 bits per heavy atom. The Hall–Kier alpha value is -0.0400. The van der Waals surface area contributed by atoms with Gasteiger partial charge in [0.1, 0.15) is 0 Å². The highest BCUT2D eigenvalue weighted by Crippen LogP contribution is 2.57. The van der Waals surface area contributed by atoms with Gasteiger partial charge in [0.25, 0.3) is 0 Å². The molecule has 0 aromatic rings. The summed E-state index contributed by atoms with van der Waals surface area (Å²) in [5, 5.41) is 10.2. The van der Waals surface area contributed by atoms with Gasteiger partial charge in [-0.1, -0.05) is 51.9 Å². The summed E-state index contributed by atoms with van der Waals surface area (Å²) in [6.45, 7) is 2.25. The first-order valence-corrected chi connectivity index (χ1v) is 7.52. The number of fused-ring (bicyclic) bond motifs is 1. The zero-order valence-corrected chi connectivity index (χ0v) is 10.8. The molecule has 0 bridgehead atoms. The molecule has 3 atom stereocenters. The van der Waals surface area contributed by atoms with Crippen molar-refractivity contribution >= 4 is 0 Å². The van der Waals surface area contributed by atoms with Gasteiger partial charge in [-0.2, -0.15) is 0 Å². The van der Waals surface area contributed by atoms with Crippen LogP contribution in [-0.4, -0.2) is 11.2 Å². The summed E-state index contributed by atoms with van der Waals surface area (Å²) >= 11 is 0. The average molecular weight is 224 g/mol. The lowest BCUT2D eigenvalue weighted by atomic mass is 10.0. The van der Waals surface area contributed by atoms with E-state index in [1.807, 2.05) is 0 Å². The highest BCUT2D eigenvalue weighted by atomic mass is 16.3. The highest BCUT2D eigenvalue weighted by Gasteiger charge is 2.53. The fraction of sp³-hybridized carbons (Fsp3) is 1.00. The van der Waals surface area contributed by atoms with Crippen molar-refractivity contribution in [2.24, 2.45) is 17.8 Å². The number of hydrogen-bond donors (Lipinski definition) is 1. The van der Waals surface area contributed by atoms with E-state index in [1.54, 1.807) is 0 Å². The molecule has 0 radical (unpaired) electrons. The van der Waals surface area contributed by atoms with Crippen molar-refractivity contribution < 1.29 is 5.11 Å². The monoisotopic (exact) mass is 224 g/mol. The van der Waals surface area contributed by atoms with Crippen molar-refractivity contribution in [3.63, 3.8) is 0 Å². The van der Waals surface area contributed by atoms with E-state index in [1.165, 1.54) is 57.8 Å². The van der Waals surface area contributed by atoms with Crippen LogP contribution in [0.2, 0.25) is 0 Å². The Kier molecular flexibility index (Phi) is 4.69. The lowest BCUT2D eigenvalue weighted by Gasteiger charge is -2.09. The minimum atomic E-state index is 0.0368. The van der Waals surface area contributed by atoms with Crippen LogP contribution in [0.15, 0.2) is 0 Å². The van der Waals surface area contributed by atoms with Crippen LogP contribution in [0, 0.1) is 17.8 Å². The van der Waals surface area contributed by atoms with Crippen LogP contribution in [0.25, 0.3) is 0 Å². The maximum atomic E-state index is 10.2. The second kappa shape index (κ2) is 6.05. The molecule has 0 amide bonds. The number of aliphatic hydroxyl groups excluding tert-OH is 1. The summed E-state index contributed by atoms with van der Waals surface area (Å²) < 4.78 is 0. The molecule has 2 saturated carbocycles. The zero-order chi connectivity index (χ0) is 11.4. The molecule has 1 N–H and O–H groups in total. The number of unbranched alkanes of at least 4 members (excludes halogenated alkanes) is 4. The smallest absolute Gasteiger partial charge is 0.0573 e. The second-order valence-electron chi connectivity index (χ2n) is 5.96. The summed E-state index contributed by atoms with van der Waals surface area (Å²) in [4.78, 5) is 0. The number of aliphatic hydroxyl groups is 1. The van der Waals surface area contributed by atoms with Gasteiger partial charge in [0.2, 0.25) is 0 Å². The van der Waals surface area contributed by atoms with Gasteiger partial charge < -0.3 is 5.11 Å². The van der Waals surface area contributed by atoms with Gasteiger partial charge in [0.05, 0.1) is 6.10 Å². The minimum Gasteiger partial charge on any atom is -0.393 e. The molecule has 2 rings (SSSR count). The third kappa shape index (κ3) is 3.00. The van der Waals surface area contributed by atoms with E-state index in [4.69, 9.17) is 0 Å². The molecule has 0 saturated heterocycles. The highest BCUT2D eigenvalue weighted by molar-refractivity contribution is 5.02. The Labute approximate surface area is 101 Å². The molecule has 0 aromatic heterocycles. The fourth-order valence-electron chi connectivity index (χ4n) is 3.77. The van der Waals surface area contributed by atoms with Gasteiger partial charge in [0.15, 0.2) is 0 Å². The van der Waals surface area contributed by atoms with E-state index in [0.29, 0.717) is 5.92 Å². The summed E-state index contributed by atoms with van der Waals surface area (Å²) in [6, 6.07) is 0. The van der Waals surface area contributed by atoms with Crippen LogP contribution in [-0.2, 0) is 0 Å². The molecule has 0 aromatic carbocycles. The molecular weight excluding hydrogens is 196 g/mol. The standard InChI is InChI=1S/C15H28O/c1-2-3-4-5-6-11-14(16)15-12-9-7-8-10-13(12)15/h12-16H,2-11H2,1H3. The Balaban J connectivity index is 1.56. The van der Waals surface area contributed by atoms with E-state index < -0.39 is 0 Å². The average Bonchev–Trinajstić information content (AvgIpc) is 3.02. The summed E-state index contributed by atoms with van der Waals surface area (Å²) in [6.07, 6.45) is 13.4. The molecule has 16 heavy (non-hydrogen) atoms. The van der Waals surface area contributed by atoms with Crippen LogP contribution < -0.4 is 0 Å². The molecule has 0 aliphatic heterocycles. The van der Waals surface area contributed by atoms with Gasteiger partial charge in [-0.05, 0) is 37.0 Å². The predicted octanol–water partition coefficient (Wildman–Crippen LogP) is 4.14. The normalized spacial score (nSPS) is 34.5. The van der Waals surface area contributed by atoms with Crippen molar-refractivity contribution in [1.29, 1.82) is 0 Å². The van der Waals surface area contributed by atoms with Gasteiger partial charge in [0, 0.05) is 0 Å². The van der Waals surface area contributed by atoms with Crippen molar-refractivity contribution in [3.8, 4) is 0 Å². The van der Waals surface area contributed by atoms with Gasteiger partial charge >= 0.3 is 0 Å². The molecule has 2 fully saturated rings. The molecule has 2 aliphatic carbocycles. The molecule has 0 heterocycles. The predicted molar refractivity (Wildman–Crippen MR) is 68.3 cm³/mol. The largest absolute Gasteiger partial charge is 0.393 e. The van der Waals surface area contributed by atoms with E-state index in [0.717, 1.165) is 18.3 Å². The zero-order valence-electron chi connectivity index (χ0n) is 10.8. The first kappa shape index (κ1) is 12.4. The summed E-state index contributed by atoms with van der Waals surface area (Å²) in [5.41, 5.74) is 0. The molecular formula is C15H28O. The fourth-order valence-corrected chi connectivity index (χ4v) is 3.77. The molecule has 1 heteroatoms. The number of rotatable bonds is 7. The van der Waals surface area contributed by atoms with Gasteiger partial charge in [-0.15, -0.1) is 0 Å². The van der Waals surface area contributed by atoms with Crippen molar-refractivity contribution in [2.75, 3.05) is 0 Å². The van der Waals surface area contributed by atoms with E-state index in [-0.39, 0.29) is 6.10 Å². The van der Waals surface area contributed by atoms with Gasteiger partial charge in [-0.3, -0.25) is 0 Å². The maximum absolute atomic E-state index is 10.2. The molecule has 94 valence electrons.